The van der Waals surface area contributed by atoms with Gasteiger partial charge < -0.3 is 15.0 Å². The van der Waals surface area contributed by atoms with Gasteiger partial charge in [-0.15, -0.1) is 11.3 Å². The van der Waals surface area contributed by atoms with Crippen LogP contribution in [0.15, 0.2) is 54.6 Å². The number of carbonyl (C=O) groups excluding carboxylic acids is 3. The molecule has 1 aromatic heterocycles. The Morgan fingerprint density at radius 3 is 2.45 bits per heavy atom. The lowest BCUT2D eigenvalue weighted by atomic mass is 10.2. The van der Waals surface area contributed by atoms with Gasteiger partial charge in [0.05, 0.1) is 5.02 Å². The lowest BCUT2D eigenvalue weighted by molar-refractivity contribution is -0.146. The van der Waals surface area contributed by atoms with Crippen LogP contribution in [-0.4, -0.2) is 37.5 Å². The van der Waals surface area contributed by atoms with Gasteiger partial charge in [0.2, 0.25) is 0 Å². The summed E-state index contributed by atoms with van der Waals surface area (Å²) < 4.78 is 5.89. The maximum absolute atomic E-state index is 12.3. The Balaban J connectivity index is 1.52. The van der Waals surface area contributed by atoms with Crippen LogP contribution in [0.1, 0.15) is 16.6 Å². The molecule has 8 heteroatoms. The average Bonchev–Trinajstić information content (AvgIpc) is 3.08. The number of thiophene rings is 1. The molecule has 0 spiro atoms. The second-order valence-electron chi connectivity index (χ2n) is 6.06. The van der Waals surface area contributed by atoms with Crippen molar-refractivity contribution in [3.05, 3.63) is 64.5 Å². The number of nitrogens with zero attached hydrogens (tertiary/aromatic N) is 1. The van der Waals surface area contributed by atoms with Gasteiger partial charge in [-0.3, -0.25) is 14.4 Å². The van der Waals surface area contributed by atoms with E-state index in [1.165, 1.54) is 16.2 Å². The number of esters is 1. The number of rotatable bonds is 7. The molecule has 0 aliphatic carbocycles. The number of hydrogen-bond acceptors (Lipinski definition) is 5. The largest absolute Gasteiger partial charge is 0.454 e. The van der Waals surface area contributed by atoms with E-state index >= 15 is 0 Å². The molecule has 6 nitrogen and oxygen atoms in total. The van der Waals surface area contributed by atoms with Crippen molar-refractivity contribution in [2.75, 3.05) is 24.6 Å². The highest BCUT2D eigenvalue weighted by molar-refractivity contribution is 7.21. The summed E-state index contributed by atoms with van der Waals surface area (Å²) in [5, 5.41) is 3.63. The quantitative estimate of drug-likeness (QED) is 0.577. The molecule has 0 bridgehead atoms. The second kappa shape index (κ2) is 9.54. The van der Waals surface area contributed by atoms with Gasteiger partial charge in [-0.2, -0.15) is 0 Å². The van der Waals surface area contributed by atoms with Crippen molar-refractivity contribution in [3.8, 4) is 0 Å². The Bertz CT molecular complexity index is 1040. The molecule has 0 saturated heterocycles. The lowest BCUT2D eigenvalue weighted by Gasteiger charge is -2.20. The molecule has 2 aromatic carbocycles. The highest BCUT2D eigenvalue weighted by atomic mass is 35.5. The van der Waals surface area contributed by atoms with Gasteiger partial charge in [-0.25, -0.2) is 0 Å². The van der Waals surface area contributed by atoms with E-state index in [0.29, 0.717) is 16.4 Å². The van der Waals surface area contributed by atoms with E-state index in [-0.39, 0.29) is 12.5 Å². The van der Waals surface area contributed by atoms with E-state index in [1.54, 1.807) is 12.1 Å². The van der Waals surface area contributed by atoms with Gasteiger partial charge in [0.15, 0.2) is 6.61 Å². The van der Waals surface area contributed by atoms with Crippen LogP contribution >= 0.6 is 22.9 Å². The highest BCUT2D eigenvalue weighted by Crippen LogP contribution is 2.34. The monoisotopic (exact) mass is 430 g/mol. The minimum atomic E-state index is -0.701. The third kappa shape index (κ3) is 4.93. The molecular formula is C21H19ClN2O4S. The predicted octanol–water partition coefficient (Wildman–Crippen LogP) is 3.88. The van der Waals surface area contributed by atoms with Crippen LogP contribution in [0.4, 0.5) is 5.69 Å². The summed E-state index contributed by atoms with van der Waals surface area (Å²) in [7, 11) is 0. The number of benzene rings is 2. The maximum atomic E-state index is 12.3. The molecule has 2 amide bonds. The van der Waals surface area contributed by atoms with E-state index in [0.717, 1.165) is 15.8 Å². The summed E-state index contributed by atoms with van der Waals surface area (Å²) in [6.45, 7) is 1.53. The van der Waals surface area contributed by atoms with Crippen LogP contribution < -0.4 is 10.2 Å². The van der Waals surface area contributed by atoms with E-state index in [9.17, 15) is 14.4 Å². The zero-order valence-corrected chi connectivity index (χ0v) is 17.3. The number of carbonyl (C=O) groups is 3. The molecule has 0 saturated carbocycles. The van der Waals surface area contributed by atoms with E-state index in [1.807, 2.05) is 49.4 Å². The fraction of sp³-hybridized carbons (Fsp3) is 0.190. The van der Waals surface area contributed by atoms with Crippen molar-refractivity contribution in [2.45, 2.75) is 6.92 Å². The number of likely N-dealkylation sites (N-methyl/N-ethyl adjacent to an activating group) is 1. The van der Waals surface area contributed by atoms with Gasteiger partial charge in [0.1, 0.15) is 11.4 Å². The molecule has 0 aliphatic rings. The van der Waals surface area contributed by atoms with Gasteiger partial charge >= 0.3 is 5.97 Å². The first-order valence-corrected chi connectivity index (χ1v) is 10.2. The van der Waals surface area contributed by atoms with Gasteiger partial charge in [0, 0.05) is 22.3 Å². The third-order valence-electron chi connectivity index (χ3n) is 4.18. The smallest absolute Gasteiger partial charge is 0.325 e. The summed E-state index contributed by atoms with van der Waals surface area (Å²) in [6, 6.07) is 16.5. The SMILES string of the molecule is CCN(C(=O)COC(=O)CNC(=O)c1sc2ccccc2c1Cl)c1ccccc1. The number of nitrogens with one attached hydrogen (secondary N) is 1. The Hall–Kier alpha value is -2.90. The molecule has 1 heterocycles. The normalized spacial score (nSPS) is 10.6. The van der Waals surface area contributed by atoms with Crippen LogP contribution in [-0.2, 0) is 14.3 Å². The first-order valence-electron chi connectivity index (χ1n) is 8.97. The highest BCUT2D eigenvalue weighted by Gasteiger charge is 2.19. The number of hydrogen-bond donors (Lipinski definition) is 1. The van der Waals surface area contributed by atoms with E-state index in [4.69, 9.17) is 16.3 Å². The van der Waals surface area contributed by atoms with Crippen molar-refractivity contribution >= 4 is 56.5 Å². The molecular weight excluding hydrogens is 412 g/mol. The number of halogens is 1. The molecule has 0 unspecified atom stereocenters. The van der Waals surface area contributed by atoms with E-state index < -0.39 is 18.5 Å². The van der Waals surface area contributed by atoms with Crippen LogP contribution in [0, 0.1) is 0 Å². The Labute approximate surface area is 177 Å². The number of anilines is 1. The van der Waals surface area contributed by atoms with Crippen molar-refractivity contribution in [2.24, 2.45) is 0 Å². The van der Waals surface area contributed by atoms with E-state index in [2.05, 4.69) is 5.32 Å². The molecule has 29 heavy (non-hydrogen) atoms. The Kier molecular flexibility index (Phi) is 6.85. The Morgan fingerprint density at radius 1 is 1.07 bits per heavy atom. The fourth-order valence-electron chi connectivity index (χ4n) is 2.77. The summed E-state index contributed by atoms with van der Waals surface area (Å²) >= 11 is 7.51. The number of ether oxygens (including phenoxy) is 1. The van der Waals surface area contributed by atoms with Gasteiger partial charge in [-0.1, -0.05) is 48.0 Å². The first-order chi connectivity index (χ1) is 14.0. The van der Waals surface area contributed by atoms with Crippen LogP contribution in [0.3, 0.4) is 0 Å². The third-order valence-corrected chi connectivity index (χ3v) is 5.85. The first kappa shape index (κ1) is 20.8. The molecule has 3 rings (SSSR count). The average molecular weight is 431 g/mol. The summed E-state index contributed by atoms with van der Waals surface area (Å²) in [4.78, 5) is 38.5. The van der Waals surface area contributed by atoms with Crippen molar-refractivity contribution in [3.63, 3.8) is 0 Å². The summed E-state index contributed by atoms with van der Waals surface area (Å²) in [5.41, 5.74) is 0.726. The van der Waals surface area contributed by atoms with Crippen LogP contribution in [0.2, 0.25) is 5.02 Å². The molecule has 1 N–H and O–H groups in total. The van der Waals surface area contributed by atoms with Crippen molar-refractivity contribution in [1.82, 2.24) is 5.32 Å². The number of amides is 2. The number of fused-ring (bicyclic) bond motifs is 1. The van der Waals surface area contributed by atoms with Gasteiger partial charge in [0.25, 0.3) is 11.8 Å². The second-order valence-corrected chi connectivity index (χ2v) is 7.49. The minimum absolute atomic E-state index is 0.331. The van der Waals surface area contributed by atoms with Crippen LogP contribution in [0.25, 0.3) is 10.1 Å². The van der Waals surface area contributed by atoms with Gasteiger partial charge in [-0.05, 0) is 25.1 Å². The number of para-hydroxylation sites is 1. The zero-order chi connectivity index (χ0) is 20.8. The zero-order valence-electron chi connectivity index (χ0n) is 15.7. The fourth-order valence-corrected chi connectivity index (χ4v) is 4.21. The van der Waals surface area contributed by atoms with Crippen LogP contribution in [0.5, 0.6) is 0 Å². The standard InChI is InChI=1S/C21H19ClN2O4S/c1-2-24(14-8-4-3-5-9-14)17(25)13-28-18(26)12-23-21(27)20-19(22)15-10-6-7-11-16(15)29-20/h3-11H,2,12-13H2,1H3,(H,23,27). The molecule has 0 aliphatic heterocycles. The topological polar surface area (TPSA) is 75.7 Å². The van der Waals surface area contributed by atoms with Crippen molar-refractivity contribution < 1.29 is 19.1 Å². The molecule has 0 atom stereocenters. The molecule has 0 radical (unpaired) electrons. The predicted molar refractivity (Wildman–Crippen MR) is 115 cm³/mol. The molecule has 150 valence electrons. The maximum Gasteiger partial charge on any atom is 0.325 e. The summed E-state index contributed by atoms with van der Waals surface area (Å²) in [5.74, 6) is -1.50. The Morgan fingerprint density at radius 2 is 1.76 bits per heavy atom. The summed E-state index contributed by atoms with van der Waals surface area (Å²) in [6.07, 6.45) is 0. The minimum Gasteiger partial charge on any atom is -0.454 e. The van der Waals surface area contributed by atoms with Crippen molar-refractivity contribution in [1.29, 1.82) is 0 Å². The molecule has 0 fully saturated rings. The molecule has 3 aromatic rings. The lowest BCUT2D eigenvalue weighted by Crippen LogP contribution is -2.36.